The fourth-order valence-corrected chi connectivity index (χ4v) is 2.89. The Balaban J connectivity index is 1.61. The number of hydrogen-bond donors (Lipinski definition) is 1. The zero-order valence-corrected chi connectivity index (χ0v) is 12.6. The Morgan fingerprint density at radius 2 is 2.11 bits per heavy atom. The first-order valence-corrected chi connectivity index (χ1v) is 7.50. The molecule has 0 aliphatic heterocycles. The molecule has 0 bridgehead atoms. The fraction of sp³-hybridized carbons (Fsp3) is 0.750. The van der Waals surface area contributed by atoms with E-state index in [9.17, 15) is 0 Å². The van der Waals surface area contributed by atoms with Gasteiger partial charge in [0.25, 0.3) is 0 Å². The van der Waals surface area contributed by atoms with E-state index in [0.717, 1.165) is 31.4 Å². The summed E-state index contributed by atoms with van der Waals surface area (Å²) in [6.45, 7) is 7.77. The second-order valence-corrected chi connectivity index (χ2v) is 6.63. The van der Waals surface area contributed by atoms with Gasteiger partial charge in [0.2, 0.25) is 0 Å². The van der Waals surface area contributed by atoms with Crippen LogP contribution in [0.15, 0.2) is 22.8 Å². The van der Waals surface area contributed by atoms with Crippen molar-refractivity contribution >= 4 is 0 Å². The molecule has 1 saturated carbocycles. The van der Waals surface area contributed by atoms with Crippen molar-refractivity contribution in [2.24, 2.45) is 5.41 Å². The van der Waals surface area contributed by atoms with Crippen LogP contribution in [0.5, 0.6) is 0 Å². The molecule has 1 aromatic heterocycles. The number of nitrogens with zero attached hydrogens (tertiary/aromatic N) is 1. The Morgan fingerprint density at radius 3 is 2.74 bits per heavy atom. The predicted molar refractivity (Wildman–Crippen MR) is 79.1 cm³/mol. The average molecular weight is 264 g/mol. The minimum absolute atomic E-state index is 0.564. The normalized spacial score (nSPS) is 20.0. The van der Waals surface area contributed by atoms with E-state index < -0.39 is 0 Å². The van der Waals surface area contributed by atoms with E-state index in [1.807, 2.05) is 12.1 Å². The maximum absolute atomic E-state index is 5.30. The number of furan rings is 1. The molecule has 3 heteroatoms. The Hall–Kier alpha value is -0.800. The fourth-order valence-electron chi connectivity index (χ4n) is 2.89. The molecule has 1 aliphatic carbocycles. The molecule has 0 spiro atoms. The number of nitrogens with one attached hydrogen (secondary N) is 1. The van der Waals surface area contributed by atoms with Gasteiger partial charge in [0, 0.05) is 19.1 Å². The maximum atomic E-state index is 5.30. The largest absolute Gasteiger partial charge is 0.468 e. The van der Waals surface area contributed by atoms with Gasteiger partial charge >= 0.3 is 0 Å². The molecule has 0 unspecified atom stereocenters. The highest BCUT2D eigenvalue weighted by Gasteiger charge is 2.28. The summed E-state index contributed by atoms with van der Waals surface area (Å²) in [5.41, 5.74) is 0.564. The molecule has 3 nitrogen and oxygen atoms in total. The van der Waals surface area contributed by atoms with E-state index in [-0.39, 0.29) is 0 Å². The minimum Gasteiger partial charge on any atom is -0.468 e. The van der Waals surface area contributed by atoms with Crippen molar-refractivity contribution in [2.75, 3.05) is 20.1 Å². The summed E-state index contributed by atoms with van der Waals surface area (Å²) in [5.74, 6) is 1.02. The molecule has 19 heavy (non-hydrogen) atoms. The molecule has 2 rings (SSSR count). The van der Waals surface area contributed by atoms with Crippen molar-refractivity contribution in [2.45, 2.75) is 52.1 Å². The lowest BCUT2D eigenvalue weighted by Crippen LogP contribution is -2.40. The van der Waals surface area contributed by atoms with Crippen LogP contribution in [0.1, 0.15) is 45.3 Å². The van der Waals surface area contributed by atoms with Crippen molar-refractivity contribution in [3.63, 3.8) is 0 Å². The third-order valence-corrected chi connectivity index (χ3v) is 4.45. The molecule has 1 heterocycles. The molecule has 0 amide bonds. The van der Waals surface area contributed by atoms with E-state index in [1.165, 1.54) is 25.7 Å². The standard InChI is InChI=1S/C16H28N2O/c1-16(2)8-6-14(7-9-16)18(3)11-10-17-13-15-5-4-12-19-15/h4-5,12,14,17H,6-11,13H2,1-3H3. The van der Waals surface area contributed by atoms with Gasteiger partial charge in [-0.05, 0) is 50.3 Å². The Kier molecular flexibility index (Phi) is 5.06. The van der Waals surface area contributed by atoms with Crippen molar-refractivity contribution in [3.05, 3.63) is 24.2 Å². The lowest BCUT2D eigenvalue weighted by molar-refractivity contribution is 0.128. The monoisotopic (exact) mass is 264 g/mol. The second kappa shape index (κ2) is 6.58. The molecule has 108 valence electrons. The Morgan fingerprint density at radius 1 is 1.37 bits per heavy atom. The molecule has 0 radical (unpaired) electrons. The van der Waals surface area contributed by atoms with E-state index >= 15 is 0 Å². The molecule has 1 N–H and O–H groups in total. The third kappa shape index (κ3) is 4.66. The van der Waals surface area contributed by atoms with Crippen molar-refractivity contribution in [1.29, 1.82) is 0 Å². The van der Waals surface area contributed by atoms with Gasteiger partial charge in [-0.15, -0.1) is 0 Å². The van der Waals surface area contributed by atoms with Gasteiger partial charge in [0.05, 0.1) is 12.8 Å². The van der Waals surface area contributed by atoms with Crippen molar-refractivity contribution in [3.8, 4) is 0 Å². The maximum Gasteiger partial charge on any atom is 0.117 e. The van der Waals surface area contributed by atoms with Crippen LogP contribution in [0.3, 0.4) is 0 Å². The van der Waals surface area contributed by atoms with Crippen molar-refractivity contribution < 1.29 is 4.42 Å². The Labute approximate surface area is 117 Å². The van der Waals surface area contributed by atoms with E-state index in [4.69, 9.17) is 4.42 Å². The van der Waals surface area contributed by atoms with Crippen molar-refractivity contribution in [1.82, 2.24) is 10.2 Å². The van der Waals surface area contributed by atoms with Crippen LogP contribution in [0.25, 0.3) is 0 Å². The first kappa shape index (κ1) is 14.6. The van der Waals surface area contributed by atoms with Gasteiger partial charge in [-0.25, -0.2) is 0 Å². The molecule has 0 aromatic carbocycles. The van der Waals surface area contributed by atoms with Gasteiger partial charge < -0.3 is 14.6 Å². The summed E-state index contributed by atoms with van der Waals surface area (Å²) in [4.78, 5) is 2.52. The van der Waals surface area contributed by atoms with Crippen LogP contribution in [0, 0.1) is 5.41 Å². The molecular formula is C16H28N2O. The molecule has 1 aromatic rings. The SMILES string of the molecule is CN(CCNCc1ccco1)C1CCC(C)(C)CC1. The summed E-state index contributed by atoms with van der Waals surface area (Å²) in [7, 11) is 2.26. The lowest BCUT2D eigenvalue weighted by Gasteiger charge is -2.38. The smallest absolute Gasteiger partial charge is 0.117 e. The van der Waals surface area contributed by atoms with E-state index in [0.29, 0.717) is 5.41 Å². The van der Waals surface area contributed by atoms with Crippen LogP contribution in [-0.4, -0.2) is 31.1 Å². The summed E-state index contributed by atoms with van der Waals surface area (Å²) >= 11 is 0. The summed E-state index contributed by atoms with van der Waals surface area (Å²) in [6, 6.07) is 4.73. The van der Waals surface area contributed by atoms with Gasteiger partial charge in [-0.3, -0.25) is 0 Å². The third-order valence-electron chi connectivity index (χ3n) is 4.45. The highest BCUT2D eigenvalue weighted by Crippen LogP contribution is 2.36. The lowest BCUT2D eigenvalue weighted by atomic mass is 9.75. The van der Waals surface area contributed by atoms with E-state index in [2.05, 4.69) is 31.1 Å². The van der Waals surface area contributed by atoms with Crippen LogP contribution in [-0.2, 0) is 6.54 Å². The highest BCUT2D eigenvalue weighted by molar-refractivity contribution is 4.97. The van der Waals surface area contributed by atoms with Crippen LogP contribution in [0.4, 0.5) is 0 Å². The summed E-state index contributed by atoms with van der Waals surface area (Å²) < 4.78 is 5.30. The molecule has 0 saturated heterocycles. The van der Waals surface area contributed by atoms with Gasteiger partial charge in [0.15, 0.2) is 0 Å². The minimum atomic E-state index is 0.564. The first-order valence-electron chi connectivity index (χ1n) is 7.50. The predicted octanol–water partition coefficient (Wildman–Crippen LogP) is 3.27. The number of rotatable bonds is 6. The molecule has 0 atom stereocenters. The van der Waals surface area contributed by atoms with Gasteiger partial charge in [-0.1, -0.05) is 13.8 Å². The quantitative estimate of drug-likeness (QED) is 0.799. The van der Waals surface area contributed by atoms with Gasteiger partial charge in [-0.2, -0.15) is 0 Å². The van der Waals surface area contributed by atoms with Crippen LogP contribution >= 0.6 is 0 Å². The summed E-state index contributed by atoms with van der Waals surface area (Å²) in [6.07, 6.45) is 7.15. The molecule has 1 aliphatic rings. The second-order valence-electron chi connectivity index (χ2n) is 6.63. The number of hydrogen-bond acceptors (Lipinski definition) is 3. The molecule has 1 fully saturated rings. The topological polar surface area (TPSA) is 28.4 Å². The zero-order valence-electron chi connectivity index (χ0n) is 12.6. The zero-order chi connectivity index (χ0) is 13.7. The Bertz CT molecular complexity index is 349. The first-order chi connectivity index (χ1) is 9.07. The number of likely N-dealkylation sites (N-methyl/N-ethyl adjacent to an activating group) is 1. The van der Waals surface area contributed by atoms with Crippen LogP contribution in [0.2, 0.25) is 0 Å². The van der Waals surface area contributed by atoms with Gasteiger partial charge in [0.1, 0.15) is 5.76 Å². The summed E-state index contributed by atoms with van der Waals surface area (Å²) in [5, 5.41) is 3.44. The van der Waals surface area contributed by atoms with Crippen LogP contribution < -0.4 is 5.32 Å². The molecular weight excluding hydrogens is 236 g/mol. The highest BCUT2D eigenvalue weighted by atomic mass is 16.3. The van der Waals surface area contributed by atoms with E-state index in [1.54, 1.807) is 6.26 Å². The average Bonchev–Trinajstić information content (AvgIpc) is 2.87.